The van der Waals surface area contributed by atoms with E-state index in [1.54, 1.807) is 0 Å². The Bertz CT molecular complexity index is 546. The maximum atomic E-state index is 5.90. The van der Waals surface area contributed by atoms with Crippen molar-refractivity contribution in [2.24, 2.45) is 0 Å². The molecule has 0 saturated heterocycles. The van der Waals surface area contributed by atoms with Crippen LogP contribution in [-0.2, 0) is 0 Å². The molecule has 3 nitrogen and oxygen atoms in total. The van der Waals surface area contributed by atoms with Gasteiger partial charge in [0.2, 0.25) is 0 Å². The van der Waals surface area contributed by atoms with Crippen LogP contribution in [0.15, 0.2) is 36.5 Å². The van der Waals surface area contributed by atoms with E-state index < -0.39 is 0 Å². The molecule has 0 bridgehead atoms. The number of benzene rings is 1. The first-order chi connectivity index (χ1) is 9.93. The van der Waals surface area contributed by atoms with Crippen LogP contribution in [0, 0.1) is 0 Å². The highest BCUT2D eigenvalue weighted by molar-refractivity contribution is 5.84. The van der Waals surface area contributed by atoms with Gasteiger partial charge in [0.25, 0.3) is 0 Å². The summed E-state index contributed by atoms with van der Waals surface area (Å²) in [5.41, 5.74) is 0.999. The SMILES string of the molecule is c1cc(OCCCCCNC2CC2)c2cccnc2c1. The van der Waals surface area contributed by atoms with Gasteiger partial charge in [0.05, 0.1) is 12.1 Å². The van der Waals surface area contributed by atoms with E-state index in [1.807, 2.05) is 30.5 Å². The molecular formula is C17H22N2O. The van der Waals surface area contributed by atoms with Crippen molar-refractivity contribution in [1.29, 1.82) is 0 Å². The molecule has 1 aromatic heterocycles. The van der Waals surface area contributed by atoms with E-state index in [9.17, 15) is 0 Å². The smallest absolute Gasteiger partial charge is 0.128 e. The molecule has 1 saturated carbocycles. The monoisotopic (exact) mass is 270 g/mol. The Morgan fingerprint density at radius 1 is 1.10 bits per heavy atom. The lowest BCUT2D eigenvalue weighted by Gasteiger charge is -2.09. The average Bonchev–Trinajstić information content (AvgIpc) is 3.30. The lowest BCUT2D eigenvalue weighted by Crippen LogP contribution is -2.17. The van der Waals surface area contributed by atoms with E-state index in [0.717, 1.165) is 42.3 Å². The summed E-state index contributed by atoms with van der Waals surface area (Å²) in [7, 11) is 0. The first-order valence-electron chi connectivity index (χ1n) is 7.63. The fourth-order valence-corrected chi connectivity index (χ4v) is 2.38. The molecule has 0 radical (unpaired) electrons. The van der Waals surface area contributed by atoms with Gasteiger partial charge in [-0.15, -0.1) is 0 Å². The molecule has 1 aliphatic carbocycles. The van der Waals surface area contributed by atoms with Crippen LogP contribution in [0.5, 0.6) is 5.75 Å². The second-order valence-electron chi connectivity index (χ2n) is 5.46. The molecule has 20 heavy (non-hydrogen) atoms. The molecule has 1 fully saturated rings. The molecule has 1 aromatic carbocycles. The highest BCUT2D eigenvalue weighted by atomic mass is 16.5. The number of nitrogens with zero attached hydrogens (tertiary/aromatic N) is 1. The number of aromatic nitrogens is 1. The van der Waals surface area contributed by atoms with E-state index in [-0.39, 0.29) is 0 Å². The summed E-state index contributed by atoms with van der Waals surface area (Å²) in [4.78, 5) is 4.34. The number of rotatable bonds is 8. The average molecular weight is 270 g/mol. The molecule has 1 N–H and O–H groups in total. The summed E-state index contributed by atoms with van der Waals surface area (Å²) in [5.74, 6) is 0.951. The molecule has 0 amide bonds. The van der Waals surface area contributed by atoms with Gasteiger partial charge in [-0.1, -0.05) is 6.07 Å². The Labute approximate surface area is 120 Å². The van der Waals surface area contributed by atoms with Crippen LogP contribution in [0.25, 0.3) is 10.9 Å². The predicted octanol–water partition coefficient (Wildman–Crippen LogP) is 3.54. The summed E-state index contributed by atoms with van der Waals surface area (Å²) in [6.07, 6.45) is 8.15. The number of hydrogen-bond donors (Lipinski definition) is 1. The van der Waals surface area contributed by atoms with E-state index in [1.165, 1.54) is 25.7 Å². The van der Waals surface area contributed by atoms with Gasteiger partial charge in [0, 0.05) is 17.6 Å². The van der Waals surface area contributed by atoms with Crippen LogP contribution < -0.4 is 10.1 Å². The van der Waals surface area contributed by atoms with Crippen molar-refractivity contribution >= 4 is 10.9 Å². The molecule has 0 spiro atoms. The molecule has 3 heteroatoms. The Morgan fingerprint density at radius 3 is 2.95 bits per heavy atom. The van der Waals surface area contributed by atoms with Crippen molar-refractivity contribution in [1.82, 2.24) is 10.3 Å². The quantitative estimate of drug-likeness (QED) is 0.745. The maximum Gasteiger partial charge on any atom is 0.128 e. The molecule has 3 rings (SSSR count). The van der Waals surface area contributed by atoms with Crippen LogP contribution in [-0.4, -0.2) is 24.2 Å². The molecule has 1 aliphatic rings. The number of fused-ring (bicyclic) bond motifs is 1. The normalized spacial score (nSPS) is 14.6. The zero-order chi connectivity index (χ0) is 13.6. The van der Waals surface area contributed by atoms with Crippen LogP contribution in [0.2, 0.25) is 0 Å². The minimum atomic E-state index is 0.789. The number of unbranched alkanes of at least 4 members (excludes halogenated alkanes) is 2. The lowest BCUT2D eigenvalue weighted by atomic mass is 10.2. The van der Waals surface area contributed by atoms with Crippen molar-refractivity contribution in [2.75, 3.05) is 13.2 Å². The fourth-order valence-electron chi connectivity index (χ4n) is 2.38. The molecule has 0 unspecified atom stereocenters. The zero-order valence-corrected chi connectivity index (χ0v) is 11.8. The summed E-state index contributed by atoms with van der Waals surface area (Å²) in [6.45, 7) is 1.94. The van der Waals surface area contributed by atoms with Crippen molar-refractivity contribution < 1.29 is 4.74 Å². The van der Waals surface area contributed by atoms with Crippen molar-refractivity contribution in [3.05, 3.63) is 36.5 Å². The van der Waals surface area contributed by atoms with Crippen LogP contribution in [0.1, 0.15) is 32.1 Å². The standard InChI is InChI=1S/C17H22N2O/c1(2-11-18-14-9-10-14)3-13-20-17-8-4-7-16-15(17)6-5-12-19-16/h4-8,12,14,18H,1-3,9-11,13H2. The van der Waals surface area contributed by atoms with Crippen LogP contribution in [0.4, 0.5) is 0 Å². The van der Waals surface area contributed by atoms with Crippen molar-refractivity contribution in [3.63, 3.8) is 0 Å². The minimum Gasteiger partial charge on any atom is -0.493 e. The van der Waals surface area contributed by atoms with E-state index in [2.05, 4.69) is 16.4 Å². The summed E-state index contributed by atoms with van der Waals surface area (Å²) >= 11 is 0. The van der Waals surface area contributed by atoms with Crippen LogP contribution >= 0.6 is 0 Å². The Morgan fingerprint density at radius 2 is 2.05 bits per heavy atom. The third kappa shape index (κ3) is 3.70. The number of nitrogens with one attached hydrogen (secondary N) is 1. The topological polar surface area (TPSA) is 34.1 Å². The second kappa shape index (κ2) is 6.71. The van der Waals surface area contributed by atoms with Gasteiger partial charge in [-0.2, -0.15) is 0 Å². The first-order valence-corrected chi connectivity index (χ1v) is 7.63. The number of ether oxygens (including phenoxy) is 1. The van der Waals surface area contributed by atoms with Crippen molar-refractivity contribution in [3.8, 4) is 5.75 Å². The van der Waals surface area contributed by atoms with Gasteiger partial charge in [-0.05, 0) is 62.9 Å². The van der Waals surface area contributed by atoms with Gasteiger partial charge in [0.15, 0.2) is 0 Å². The van der Waals surface area contributed by atoms with Gasteiger partial charge in [-0.3, -0.25) is 4.98 Å². The Hall–Kier alpha value is -1.61. The lowest BCUT2D eigenvalue weighted by molar-refractivity contribution is 0.308. The van der Waals surface area contributed by atoms with E-state index in [0.29, 0.717) is 0 Å². The second-order valence-corrected chi connectivity index (χ2v) is 5.46. The summed E-state index contributed by atoms with van der Waals surface area (Å²) in [6, 6.07) is 10.9. The Balaban J connectivity index is 1.40. The van der Waals surface area contributed by atoms with Gasteiger partial charge in [-0.25, -0.2) is 0 Å². The van der Waals surface area contributed by atoms with Crippen LogP contribution in [0.3, 0.4) is 0 Å². The summed E-state index contributed by atoms with van der Waals surface area (Å²) < 4.78 is 5.90. The number of hydrogen-bond acceptors (Lipinski definition) is 3. The molecule has 106 valence electrons. The molecule has 2 aromatic rings. The minimum absolute atomic E-state index is 0.789. The molecule has 0 atom stereocenters. The number of pyridine rings is 1. The summed E-state index contributed by atoms with van der Waals surface area (Å²) in [5, 5.41) is 4.64. The van der Waals surface area contributed by atoms with E-state index in [4.69, 9.17) is 4.74 Å². The zero-order valence-electron chi connectivity index (χ0n) is 11.8. The van der Waals surface area contributed by atoms with Gasteiger partial charge in [0.1, 0.15) is 5.75 Å². The van der Waals surface area contributed by atoms with Crippen molar-refractivity contribution in [2.45, 2.75) is 38.1 Å². The largest absolute Gasteiger partial charge is 0.493 e. The molecule has 1 heterocycles. The maximum absolute atomic E-state index is 5.90. The molecular weight excluding hydrogens is 248 g/mol. The first kappa shape index (κ1) is 13.4. The molecule has 0 aliphatic heterocycles. The van der Waals surface area contributed by atoms with Gasteiger partial charge < -0.3 is 10.1 Å². The third-order valence-corrected chi connectivity index (χ3v) is 3.69. The third-order valence-electron chi connectivity index (χ3n) is 3.69. The highest BCUT2D eigenvalue weighted by Gasteiger charge is 2.19. The Kier molecular flexibility index (Phi) is 4.49. The fraction of sp³-hybridized carbons (Fsp3) is 0.471. The van der Waals surface area contributed by atoms with Gasteiger partial charge >= 0.3 is 0 Å². The highest BCUT2D eigenvalue weighted by Crippen LogP contribution is 2.23. The predicted molar refractivity (Wildman–Crippen MR) is 82.1 cm³/mol. The van der Waals surface area contributed by atoms with E-state index >= 15 is 0 Å².